The van der Waals surface area contributed by atoms with Crippen LogP contribution in [0.4, 0.5) is 0 Å². The highest BCUT2D eigenvalue weighted by molar-refractivity contribution is 7.08. The predicted molar refractivity (Wildman–Crippen MR) is 469 cm³/mol. The summed E-state index contributed by atoms with van der Waals surface area (Å²) in [5.41, 5.74) is 15.1. The minimum Gasteiger partial charge on any atom is -0.454 e. The number of hydrogen-bond acceptors (Lipinski definition) is 21. The molecule has 0 saturated carbocycles. The number of aliphatic imine (C=N–C) groups is 3. The predicted octanol–water partition coefficient (Wildman–Crippen LogP) is 17.5. The summed E-state index contributed by atoms with van der Waals surface area (Å²) < 4.78 is 27.6. The lowest BCUT2D eigenvalue weighted by atomic mass is 10.1. The molecular formula is C95H76N14O10S. The van der Waals surface area contributed by atoms with Crippen molar-refractivity contribution in [1.29, 1.82) is 0 Å². The number of ether oxygens (including phenoxy) is 2. The molecule has 0 aliphatic carbocycles. The van der Waals surface area contributed by atoms with E-state index in [1.165, 1.54) is 5.56 Å². The average molecular weight is 1610 g/mol. The van der Waals surface area contributed by atoms with Gasteiger partial charge >= 0.3 is 5.63 Å². The van der Waals surface area contributed by atoms with Gasteiger partial charge in [0.2, 0.25) is 6.79 Å². The molecule has 0 unspecified atom stereocenters. The van der Waals surface area contributed by atoms with Gasteiger partial charge in [-0.05, 0) is 127 Å². The number of nitrogens with zero attached hydrogens (tertiary/aromatic N) is 10. The van der Waals surface area contributed by atoms with Crippen LogP contribution in [0.2, 0.25) is 0 Å². The van der Waals surface area contributed by atoms with Crippen molar-refractivity contribution in [2.45, 2.75) is 83.5 Å². The zero-order valence-electron chi connectivity index (χ0n) is 64.8. The SMILES string of the molecule is O=c1[nH]c(CCC2=NC(c3ccc4c(c3)OCO4)=CC2)nc2ccccc12.O=c1[nH]c(CCC2=NC(c3ccsc3)=CC2)nc2ccccc12.O=c1[nH]c(CCc2nc3ccccc3o2)nc2ccccc12.O=c1[nH]c(CCc2ncc(-c3ccccc3)o2)nc2ccccc12.O=c1oc(CCC2=NC(c3ccccc3)=CC2)nc2ccccc12. The first kappa shape index (κ1) is 77.5. The number of aromatic amines is 4. The van der Waals surface area contributed by atoms with Crippen LogP contribution in [0.15, 0.2) is 318 Å². The molecule has 120 heavy (non-hydrogen) atoms. The maximum atomic E-state index is 12.2. The Balaban J connectivity index is 0.000000107. The fraction of sp³-hybridized carbons (Fsp3) is 0.147. The molecule has 12 heterocycles. The molecule has 0 amide bonds. The molecule has 9 aromatic carbocycles. The van der Waals surface area contributed by atoms with Crippen molar-refractivity contribution in [2.75, 3.05) is 6.79 Å². The maximum Gasteiger partial charge on any atom is 0.346 e. The van der Waals surface area contributed by atoms with Crippen LogP contribution in [0, 0.1) is 0 Å². The molecule has 592 valence electrons. The lowest BCUT2D eigenvalue weighted by molar-refractivity contribution is 0.174. The number of hydrogen-bond donors (Lipinski definition) is 4. The normalized spacial score (nSPS) is 13.1. The first-order chi connectivity index (χ1) is 58.9. The Morgan fingerprint density at radius 1 is 0.325 bits per heavy atom. The number of fused-ring (bicyclic) bond motifs is 7. The van der Waals surface area contributed by atoms with Crippen molar-refractivity contribution >= 4 is 111 Å². The van der Waals surface area contributed by atoms with E-state index >= 15 is 0 Å². The summed E-state index contributed by atoms with van der Waals surface area (Å²) in [5.74, 6) is 6.71. The van der Waals surface area contributed by atoms with E-state index in [1.807, 2.05) is 182 Å². The Bertz CT molecular complexity index is 7130. The summed E-state index contributed by atoms with van der Waals surface area (Å²) in [6, 6.07) is 72.2. The number of rotatable bonds is 19. The third-order valence-electron chi connectivity index (χ3n) is 20.2. The lowest BCUT2D eigenvalue weighted by Crippen LogP contribution is -2.12. The first-order valence-electron chi connectivity index (χ1n) is 39.4. The topological polar surface area (TPSA) is 334 Å². The summed E-state index contributed by atoms with van der Waals surface area (Å²) in [5, 5.41) is 7.15. The van der Waals surface area contributed by atoms with E-state index in [0.29, 0.717) is 124 Å². The molecule has 4 aliphatic heterocycles. The smallest absolute Gasteiger partial charge is 0.346 e. The Hall–Kier alpha value is -15.1. The largest absolute Gasteiger partial charge is 0.454 e. The molecule has 21 rings (SSSR count). The second-order valence-electron chi connectivity index (χ2n) is 28.5. The molecular weight excluding hydrogens is 1530 g/mol. The van der Waals surface area contributed by atoms with Gasteiger partial charge in [-0.25, -0.2) is 39.7 Å². The van der Waals surface area contributed by atoms with Crippen LogP contribution < -0.4 is 37.3 Å². The minimum atomic E-state index is -0.327. The van der Waals surface area contributed by atoms with E-state index in [4.69, 9.17) is 32.7 Å². The van der Waals surface area contributed by atoms with Crippen LogP contribution in [0.1, 0.15) is 96.2 Å². The quantitative estimate of drug-likeness (QED) is 0.0584. The van der Waals surface area contributed by atoms with Gasteiger partial charge in [-0.15, -0.1) is 0 Å². The van der Waals surface area contributed by atoms with Gasteiger partial charge in [0.15, 0.2) is 40.5 Å². The highest BCUT2D eigenvalue weighted by atomic mass is 32.1. The number of thiophene rings is 1. The zero-order chi connectivity index (χ0) is 81.5. The van der Waals surface area contributed by atoms with E-state index < -0.39 is 0 Å². The highest BCUT2D eigenvalue weighted by Gasteiger charge is 2.20. The van der Waals surface area contributed by atoms with Crippen LogP contribution in [0.5, 0.6) is 11.5 Å². The number of oxazole rings is 2. The van der Waals surface area contributed by atoms with Crippen LogP contribution in [-0.2, 0) is 44.9 Å². The zero-order valence-corrected chi connectivity index (χ0v) is 65.6. The summed E-state index contributed by atoms with van der Waals surface area (Å²) in [6.45, 7) is 0.267. The third kappa shape index (κ3) is 18.9. The summed E-state index contributed by atoms with van der Waals surface area (Å²) >= 11 is 1.68. The summed E-state index contributed by atoms with van der Waals surface area (Å²) in [4.78, 5) is 117. The van der Waals surface area contributed by atoms with Gasteiger partial charge in [-0.3, -0.25) is 34.2 Å². The van der Waals surface area contributed by atoms with Crippen molar-refractivity contribution in [1.82, 2.24) is 54.8 Å². The number of para-hydroxylation sites is 7. The van der Waals surface area contributed by atoms with E-state index in [9.17, 15) is 24.0 Å². The molecule has 0 radical (unpaired) electrons. The fourth-order valence-corrected chi connectivity index (χ4v) is 14.8. The Morgan fingerprint density at radius 2 is 0.725 bits per heavy atom. The van der Waals surface area contributed by atoms with E-state index in [0.717, 1.165) is 135 Å². The number of H-pyrrole nitrogens is 4. The fourth-order valence-electron chi connectivity index (χ4n) is 14.1. The highest BCUT2D eigenvalue weighted by Crippen LogP contribution is 2.36. The van der Waals surface area contributed by atoms with Crippen LogP contribution in [0.3, 0.4) is 0 Å². The van der Waals surface area contributed by atoms with Gasteiger partial charge in [0.1, 0.15) is 28.8 Å². The van der Waals surface area contributed by atoms with Crippen LogP contribution in [0.25, 0.3) is 94.0 Å². The number of benzene rings is 9. The maximum absolute atomic E-state index is 12.2. The number of aromatic nitrogens is 11. The second-order valence-corrected chi connectivity index (χ2v) is 29.2. The monoisotopic (exact) mass is 1600 g/mol. The van der Waals surface area contributed by atoms with Gasteiger partial charge in [0, 0.05) is 103 Å². The van der Waals surface area contributed by atoms with Crippen molar-refractivity contribution in [3.63, 3.8) is 0 Å². The molecule has 8 aromatic heterocycles. The molecule has 0 fully saturated rings. The summed E-state index contributed by atoms with van der Waals surface area (Å²) in [6.07, 6.45) is 17.2. The number of allylic oxidation sites excluding steroid dienone is 3. The molecule has 24 nitrogen and oxygen atoms in total. The second kappa shape index (κ2) is 36.4. The van der Waals surface area contributed by atoms with Crippen molar-refractivity contribution < 1.29 is 22.7 Å². The molecule has 0 saturated heterocycles. The molecule has 0 spiro atoms. The number of nitrogens with one attached hydrogen (secondary N) is 4. The third-order valence-corrected chi connectivity index (χ3v) is 20.9. The number of aryl methyl sites for hydroxylation is 7. The lowest BCUT2D eigenvalue weighted by Gasteiger charge is -2.04. The Morgan fingerprint density at radius 3 is 1.23 bits per heavy atom. The van der Waals surface area contributed by atoms with Gasteiger partial charge in [-0.2, -0.15) is 11.3 Å². The Labute approximate surface area is 688 Å². The standard InChI is InChI=1S/C21H17N3O3.C20H16N2O2.C19H15N3O2.C18H15N3OS.C17H13N3O2/c25-21-15-3-1-2-4-17(15)23-20(24-21)10-7-14-6-8-16(22-14)13-5-9-18-19(11-13)27-12-26-18;23-20-16-8-4-5-9-18(16)22-19(24-20)13-11-15-10-12-17(21-15)14-6-2-1-3-7-14;23-19-14-8-4-5-9-15(14)21-17(22-19)10-11-18-20-12-16(24-18)13-6-2-1-3-7-13;22-18-14-3-1-2-4-16(14)20-17(21-18)8-6-13-5-7-15(19-13)12-9-10-23-11-12;21-17-11-5-1-2-6-12(11)18-15(20-17)9-10-16-19-13-7-3-4-8-14(13)22-16/h1-5,8-9,11H,6-7,10,12H2,(H,23,24,25);1-9,12H,10-11,13H2;1-9,12H,10-11H2,(H,21,22,23);1-4,7,9-11H,5-6,8H2,(H,20,21,22);1-8H,9-10H2,(H,18,20,21). The molecule has 4 N–H and O–H groups in total. The molecule has 4 aliphatic rings. The van der Waals surface area contributed by atoms with E-state index in [-0.39, 0.29) is 34.7 Å². The minimum absolute atomic E-state index is 0.0731. The van der Waals surface area contributed by atoms with Crippen LogP contribution >= 0.6 is 11.3 Å². The van der Waals surface area contributed by atoms with E-state index in [2.05, 4.69) is 107 Å². The molecule has 25 heteroatoms. The first-order valence-corrected chi connectivity index (χ1v) is 40.3. The molecule has 17 aromatic rings. The average Bonchev–Trinajstić information content (AvgIpc) is 0.913. The van der Waals surface area contributed by atoms with Gasteiger partial charge in [-0.1, -0.05) is 152 Å². The summed E-state index contributed by atoms with van der Waals surface area (Å²) in [7, 11) is 0. The van der Waals surface area contributed by atoms with Crippen molar-refractivity contribution in [2.24, 2.45) is 15.0 Å². The van der Waals surface area contributed by atoms with E-state index in [1.54, 1.807) is 47.9 Å². The van der Waals surface area contributed by atoms with Crippen LogP contribution in [-0.4, -0.2) is 78.8 Å². The molecule has 0 bridgehead atoms. The van der Waals surface area contributed by atoms with Gasteiger partial charge < -0.3 is 42.7 Å². The van der Waals surface area contributed by atoms with Gasteiger partial charge in [0.05, 0.1) is 77.8 Å². The Kier molecular flexibility index (Phi) is 23.5. The molecule has 0 atom stereocenters. The van der Waals surface area contributed by atoms with Gasteiger partial charge in [0.25, 0.3) is 22.2 Å². The van der Waals surface area contributed by atoms with Crippen molar-refractivity contribution in [3.8, 4) is 22.8 Å². The van der Waals surface area contributed by atoms with Crippen molar-refractivity contribution in [3.05, 3.63) is 375 Å².